The molecular formula is C25H19N3OS2. The van der Waals surface area contributed by atoms with Crippen LogP contribution >= 0.6 is 23.1 Å². The van der Waals surface area contributed by atoms with Crippen LogP contribution in [0.1, 0.15) is 23.1 Å². The SMILES string of the molecule is O=c1[nH]c(SCc2ccccc2)nc2c1sc1nc(-c3ccccc3)c3c(c12)CCC3. The zero-order valence-corrected chi connectivity index (χ0v) is 18.4. The minimum atomic E-state index is -0.0726. The van der Waals surface area contributed by atoms with Gasteiger partial charge < -0.3 is 4.98 Å². The molecule has 3 aromatic heterocycles. The molecule has 1 aliphatic carbocycles. The second-order valence-electron chi connectivity index (χ2n) is 7.74. The number of pyridine rings is 1. The number of nitrogens with one attached hydrogen (secondary N) is 1. The average molecular weight is 442 g/mol. The quantitative estimate of drug-likeness (QED) is 0.275. The lowest BCUT2D eigenvalue weighted by Gasteiger charge is -2.09. The smallest absolute Gasteiger partial charge is 0.269 e. The van der Waals surface area contributed by atoms with Gasteiger partial charge in [-0.2, -0.15) is 0 Å². The first kappa shape index (κ1) is 18.8. The summed E-state index contributed by atoms with van der Waals surface area (Å²) in [6.45, 7) is 0. The Hall–Kier alpha value is -2.96. The van der Waals surface area contributed by atoms with Gasteiger partial charge in [0.2, 0.25) is 0 Å². The largest absolute Gasteiger partial charge is 0.300 e. The number of rotatable bonds is 4. The van der Waals surface area contributed by atoms with Gasteiger partial charge >= 0.3 is 0 Å². The third-order valence-electron chi connectivity index (χ3n) is 5.79. The molecule has 0 saturated heterocycles. The van der Waals surface area contributed by atoms with E-state index in [1.807, 2.05) is 24.3 Å². The molecule has 0 spiro atoms. The molecule has 0 aliphatic heterocycles. The number of thioether (sulfide) groups is 1. The van der Waals surface area contributed by atoms with Gasteiger partial charge in [0.15, 0.2) is 5.16 Å². The molecular weight excluding hydrogens is 422 g/mol. The molecule has 6 rings (SSSR count). The van der Waals surface area contributed by atoms with Gasteiger partial charge in [-0.3, -0.25) is 4.79 Å². The Morgan fingerprint density at radius 1 is 0.935 bits per heavy atom. The molecule has 0 saturated carbocycles. The van der Waals surface area contributed by atoms with Gasteiger partial charge in [-0.05, 0) is 36.0 Å². The fourth-order valence-electron chi connectivity index (χ4n) is 4.38. The molecule has 0 bridgehead atoms. The first-order valence-corrected chi connectivity index (χ1v) is 12.2. The van der Waals surface area contributed by atoms with Crippen molar-refractivity contribution in [1.29, 1.82) is 0 Å². The number of benzene rings is 2. The predicted molar refractivity (Wildman–Crippen MR) is 129 cm³/mol. The highest BCUT2D eigenvalue weighted by Gasteiger charge is 2.25. The molecule has 4 nitrogen and oxygen atoms in total. The van der Waals surface area contributed by atoms with Crippen LogP contribution in [0.15, 0.2) is 70.6 Å². The maximum absolute atomic E-state index is 12.9. The molecule has 0 unspecified atom stereocenters. The van der Waals surface area contributed by atoms with E-state index in [1.54, 1.807) is 11.8 Å². The second-order valence-corrected chi connectivity index (χ2v) is 9.71. The van der Waals surface area contributed by atoms with Gasteiger partial charge in [-0.15, -0.1) is 11.3 Å². The fraction of sp³-hybridized carbons (Fsp3) is 0.160. The fourth-order valence-corrected chi connectivity index (χ4v) is 6.24. The molecule has 5 aromatic rings. The number of aryl methyl sites for hydroxylation is 1. The van der Waals surface area contributed by atoms with Gasteiger partial charge in [-0.1, -0.05) is 72.4 Å². The van der Waals surface area contributed by atoms with Crippen molar-refractivity contribution in [3.05, 3.63) is 87.7 Å². The van der Waals surface area contributed by atoms with E-state index in [2.05, 4.69) is 41.4 Å². The zero-order chi connectivity index (χ0) is 20.8. The Labute approximate surface area is 187 Å². The number of hydrogen-bond acceptors (Lipinski definition) is 5. The summed E-state index contributed by atoms with van der Waals surface area (Å²) in [6, 6.07) is 20.6. The van der Waals surface area contributed by atoms with Crippen molar-refractivity contribution in [2.45, 2.75) is 30.2 Å². The molecule has 6 heteroatoms. The van der Waals surface area contributed by atoms with Crippen LogP contribution in [-0.4, -0.2) is 15.0 Å². The number of thiophene rings is 1. The second kappa shape index (κ2) is 7.62. The highest BCUT2D eigenvalue weighted by molar-refractivity contribution is 7.98. The first-order chi connectivity index (χ1) is 15.3. The van der Waals surface area contributed by atoms with Gasteiger partial charge in [0.05, 0.1) is 11.2 Å². The summed E-state index contributed by atoms with van der Waals surface area (Å²) < 4.78 is 0.672. The summed E-state index contributed by atoms with van der Waals surface area (Å²) in [5, 5.41) is 1.75. The molecule has 1 aliphatic rings. The van der Waals surface area contributed by atoms with Crippen LogP contribution in [0.3, 0.4) is 0 Å². The van der Waals surface area contributed by atoms with E-state index in [0.29, 0.717) is 9.86 Å². The van der Waals surface area contributed by atoms with Crippen molar-refractivity contribution in [1.82, 2.24) is 15.0 Å². The number of nitrogens with zero attached hydrogens (tertiary/aromatic N) is 2. The van der Waals surface area contributed by atoms with Gasteiger partial charge in [-0.25, -0.2) is 9.97 Å². The topological polar surface area (TPSA) is 58.6 Å². The lowest BCUT2D eigenvalue weighted by Crippen LogP contribution is -2.07. The van der Waals surface area contributed by atoms with Crippen LogP contribution in [-0.2, 0) is 18.6 Å². The van der Waals surface area contributed by atoms with E-state index in [9.17, 15) is 4.79 Å². The van der Waals surface area contributed by atoms with Gasteiger partial charge in [0.1, 0.15) is 9.53 Å². The van der Waals surface area contributed by atoms with Crippen LogP contribution in [0.25, 0.3) is 31.7 Å². The normalized spacial score (nSPS) is 13.2. The number of hydrogen-bond donors (Lipinski definition) is 1. The molecule has 0 fully saturated rings. The summed E-state index contributed by atoms with van der Waals surface area (Å²) in [4.78, 5) is 26.7. The van der Waals surface area contributed by atoms with E-state index < -0.39 is 0 Å². The minimum absolute atomic E-state index is 0.0726. The van der Waals surface area contributed by atoms with Crippen molar-refractivity contribution in [3.8, 4) is 11.3 Å². The Morgan fingerprint density at radius 3 is 2.48 bits per heavy atom. The average Bonchev–Trinajstić information content (AvgIpc) is 3.43. The van der Waals surface area contributed by atoms with E-state index in [-0.39, 0.29) is 5.56 Å². The number of aromatic amines is 1. The number of aromatic nitrogens is 3. The molecule has 2 aromatic carbocycles. The lowest BCUT2D eigenvalue weighted by molar-refractivity contribution is 0.913. The highest BCUT2D eigenvalue weighted by atomic mass is 32.2. The molecule has 152 valence electrons. The predicted octanol–water partition coefficient (Wildman–Crippen LogP) is 5.98. The summed E-state index contributed by atoms with van der Waals surface area (Å²) in [5.74, 6) is 0.770. The first-order valence-electron chi connectivity index (χ1n) is 10.4. The van der Waals surface area contributed by atoms with Gasteiger partial charge in [0, 0.05) is 16.7 Å². The van der Waals surface area contributed by atoms with Crippen molar-refractivity contribution < 1.29 is 0 Å². The Morgan fingerprint density at radius 2 is 1.68 bits per heavy atom. The van der Waals surface area contributed by atoms with E-state index in [0.717, 1.165) is 52.0 Å². The maximum atomic E-state index is 12.9. The lowest BCUT2D eigenvalue weighted by atomic mass is 10.0. The van der Waals surface area contributed by atoms with Crippen LogP contribution in [0, 0.1) is 0 Å². The van der Waals surface area contributed by atoms with Crippen LogP contribution < -0.4 is 5.56 Å². The molecule has 31 heavy (non-hydrogen) atoms. The van der Waals surface area contributed by atoms with Crippen LogP contribution in [0.4, 0.5) is 0 Å². The number of fused-ring (bicyclic) bond motifs is 5. The number of H-pyrrole nitrogens is 1. The van der Waals surface area contributed by atoms with E-state index in [4.69, 9.17) is 9.97 Å². The standard InChI is InChI=1S/C25H19N3OS2/c29-23-22-21(27-25(28-23)30-14-15-8-3-1-4-9-15)19-17-12-7-13-18(17)20(26-24(19)31-22)16-10-5-2-6-11-16/h1-6,8-11H,7,12-14H2,(H,27,28,29). The Kier molecular flexibility index (Phi) is 4.62. The monoisotopic (exact) mass is 441 g/mol. The van der Waals surface area contributed by atoms with Gasteiger partial charge in [0.25, 0.3) is 5.56 Å². The molecule has 0 amide bonds. The van der Waals surface area contributed by atoms with Crippen molar-refractivity contribution in [2.75, 3.05) is 0 Å². The third kappa shape index (κ3) is 3.27. The molecule has 3 heterocycles. The zero-order valence-electron chi connectivity index (χ0n) is 16.7. The molecule has 1 N–H and O–H groups in total. The summed E-state index contributed by atoms with van der Waals surface area (Å²) in [6.07, 6.45) is 3.16. The Balaban J connectivity index is 1.51. The third-order valence-corrected chi connectivity index (χ3v) is 7.81. The highest BCUT2D eigenvalue weighted by Crippen LogP contribution is 2.41. The van der Waals surface area contributed by atoms with Crippen molar-refractivity contribution in [3.63, 3.8) is 0 Å². The van der Waals surface area contributed by atoms with Crippen LogP contribution in [0.2, 0.25) is 0 Å². The van der Waals surface area contributed by atoms with E-state index in [1.165, 1.54) is 28.0 Å². The van der Waals surface area contributed by atoms with Crippen LogP contribution in [0.5, 0.6) is 0 Å². The minimum Gasteiger partial charge on any atom is -0.300 e. The Bertz CT molecular complexity index is 1470. The van der Waals surface area contributed by atoms with Crippen molar-refractivity contribution >= 4 is 43.5 Å². The summed E-state index contributed by atoms with van der Waals surface area (Å²) in [7, 11) is 0. The molecule has 0 radical (unpaired) electrons. The maximum Gasteiger partial charge on any atom is 0.269 e. The van der Waals surface area contributed by atoms with Crippen molar-refractivity contribution in [2.24, 2.45) is 0 Å². The molecule has 0 atom stereocenters. The summed E-state index contributed by atoms with van der Waals surface area (Å²) >= 11 is 3.03. The summed E-state index contributed by atoms with van der Waals surface area (Å²) in [5.41, 5.74) is 6.79. The van der Waals surface area contributed by atoms with E-state index >= 15 is 0 Å².